The van der Waals surface area contributed by atoms with E-state index in [-0.39, 0.29) is 24.1 Å². The Bertz CT molecular complexity index is 625. The molecule has 0 saturated carbocycles. The Hall–Kier alpha value is -0.730. The van der Waals surface area contributed by atoms with Crippen molar-refractivity contribution in [3.8, 4) is 6.07 Å². The van der Waals surface area contributed by atoms with Crippen LogP contribution in [-0.4, -0.2) is 40.2 Å². The van der Waals surface area contributed by atoms with Crippen LogP contribution in [-0.2, 0) is 9.32 Å². The largest absolute Gasteiger partial charge is 0.356 e. The first-order valence-electron chi connectivity index (χ1n) is 16.8. The summed E-state index contributed by atoms with van der Waals surface area (Å²) in [6.07, 6.45) is 26.4. The Kier molecular flexibility index (Phi) is 26.6. The first-order valence-corrected chi connectivity index (χ1v) is 18.0. The molecular weight excluding hydrogens is 517 g/mol. The third-order valence-electron chi connectivity index (χ3n) is 7.76. The van der Waals surface area contributed by atoms with Crippen LogP contribution in [0.15, 0.2) is 0 Å². The number of hydrogen-bond donors (Lipinski definition) is 2. The average Bonchev–Trinajstić information content (AvgIpc) is 2.90. The summed E-state index contributed by atoms with van der Waals surface area (Å²) in [5.74, 6) is 0.205. The smallest absolute Gasteiger partial charge is 0.256 e. The number of nitriles is 1. The maximum atomic E-state index is 12.1. The Morgan fingerprint density at radius 3 is 1.82 bits per heavy atom. The molecule has 0 radical (unpaired) electrons. The highest BCUT2D eigenvalue weighted by Crippen LogP contribution is 2.45. The second-order valence-corrected chi connectivity index (χ2v) is 13.7. The minimum Gasteiger partial charge on any atom is -0.356 e. The number of nitrogens with one attached hydrogen (secondary N) is 1. The molecule has 7 heteroatoms. The summed E-state index contributed by atoms with van der Waals surface area (Å²) in [5, 5.41) is 11.8. The van der Waals surface area contributed by atoms with E-state index in [0.717, 1.165) is 45.1 Å². The number of carbonyl (C=O) groups is 1. The lowest BCUT2D eigenvalue weighted by atomic mass is 9.95. The summed E-state index contributed by atoms with van der Waals surface area (Å²) in [6, 6.07) is 2.22. The third kappa shape index (κ3) is 22.9. The molecule has 1 atom stereocenters. The maximum Gasteiger partial charge on any atom is 0.256 e. The SMILES string of the molecule is CCCCCCCCCCCCCCCCCC(=O)NCCCCCCC(C)(C)N(C(C)C)P(O)OCCC#N. The van der Waals surface area contributed by atoms with Crippen molar-refractivity contribution < 1.29 is 14.2 Å². The van der Waals surface area contributed by atoms with E-state index in [0.29, 0.717) is 12.8 Å². The fraction of sp³-hybridized carbons (Fsp3) is 0.939. The second kappa shape index (κ2) is 27.1. The van der Waals surface area contributed by atoms with E-state index in [1.165, 1.54) is 89.9 Å². The van der Waals surface area contributed by atoms with Gasteiger partial charge in [-0.05, 0) is 47.0 Å². The molecule has 0 saturated heterocycles. The molecule has 0 aliphatic rings. The monoisotopic (exact) mass is 583 g/mol. The molecule has 0 aromatic heterocycles. The number of nitrogens with zero attached hydrogens (tertiary/aromatic N) is 2. The van der Waals surface area contributed by atoms with Gasteiger partial charge >= 0.3 is 0 Å². The maximum absolute atomic E-state index is 12.1. The lowest BCUT2D eigenvalue weighted by Gasteiger charge is -2.42. The number of unbranched alkanes of at least 4 members (excludes halogenated alkanes) is 17. The van der Waals surface area contributed by atoms with Gasteiger partial charge in [-0.3, -0.25) is 4.79 Å². The topological polar surface area (TPSA) is 85.6 Å². The Morgan fingerprint density at radius 1 is 0.850 bits per heavy atom. The predicted molar refractivity (Wildman–Crippen MR) is 172 cm³/mol. The molecule has 1 unspecified atom stereocenters. The first-order chi connectivity index (χ1) is 19.3. The summed E-state index contributed by atoms with van der Waals surface area (Å²) in [4.78, 5) is 22.7. The summed E-state index contributed by atoms with van der Waals surface area (Å²) in [7, 11) is -1.70. The molecule has 0 spiro atoms. The van der Waals surface area contributed by atoms with E-state index in [1.807, 2.05) is 0 Å². The van der Waals surface area contributed by atoms with Gasteiger partial charge in [0, 0.05) is 24.5 Å². The van der Waals surface area contributed by atoms with Gasteiger partial charge in [-0.25, -0.2) is 4.67 Å². The van der Waals surface area contributed by atoms with Crippen LogP contribution in [0.1, 0.15) is 176 Å². The minimum atomic E-state index is -1.70. The highest BCUT2D eigenvalue weighted by Gasteiger charge is 2.35. The molecule has 0 fully saturated rings. The predicted octanol–water partition coefficient (Wildman–Crippen LogP) is 9.95. The molecule has 2 N–H and O–H groups in total. The van der Waals surface area contributed by atoms with Gasteiger partial charge in [-0.15, -0.1) is 0 Å². The van der Waals surface area contributed by atoms with Gasteiger partial charge in [0.25, 0.3) is 8.53 Å². The van der Waals surface area contributed by atoms with Crippen LogP contribution in [0.4, 0.5) is 0 Å². The molecule has 236 valence electrons. The van der Waals surface area contributed by atoms with Gasteiger partial charge in [0.1, 0.15) is 0 Å². The van der Waals surface area contributed by atoms with E-state index < -0.39 is 8.53 Å². The number of hydrogen-bond acceptors (Lipinski definition) is 5. The molecule has 0 heterocycles. The number of rotatable bonds is 29. The van der Waals surface area contributed by atoms with E-state index >= 15 is 0 Å². The molecule has 40 heavy (non-hydrogen) atoms. The zero-order chi connectivity index (χ0) is 29.9. The van der Waals surface area contributed by atoms with E-state index in [9.17, 15) is 9.69 Å². The van der Waals surface area contributed by atoms with E-state index in [1.54, 1.807) is 0 Å². The van der Waals surface area contributed by atoms with E-state index in [4.69, 9.17) is 9.79 Å². The van der Waals surface area contributed by atoms with Crippen LogP contribution >= 0.6 is 8.53 Å². The highest BCUT2D eigenvalue weighted by molar-refractivity contribution is 7.43. The first kappa shape index (κ1) is 39.3. The molecular formula is C33H66N3O3P. The molecule has 0 bridgehead atoms. The molecule has 6 nitrogen and oxygen atoms in total. The summed E-state index contributed by atoms with van der Waals surface area (Å²) in [6.45, 7) is 11.8. The van der Waals surface area contributed by atoms with Crippen molar-refractivity contribution in [3.05, 3.63) is 0 Å². The van der Waals surface area contributed by atoms with Crippen molar-refractivity contribution in [2.24, 2.45) is 0 Å². The van der Waals surface area contributed by atoms with Crippen molar-refractivity contribution in [2.75, 3.05) is 13.2 Å². The van der Waals surface area contributed by atoms with Gasteiger partial charge in [0.15, 0.2) is 0 Å². The lowest BCUT2D eigenvalue weighted by Crippen LogP contribution is -2.44. The fourth-order valence-corrected chi connectivity index (χ4v) is 6.82. The van der Waals surface area contributed by atoms with Gasteiger partial charge in [-0.1, -0.05) is 116 Å². The summed E-state index contributed by atoms with van der Waals surface area (Å²) < 4.78 is 7.59. The van der Waals surface area contributed by atoms with Crippen LogP contribution < -0.4 is 5.32 Å². The zero-order valence-corrected chi connectivity index (χ0v) is 28.0. The molecule has 0 aliphatic carbocycles. The number of amides is 1. The molecule has 1 amide bonds. The third-order valence-corrected chi connectivity index (χ3v) is 9.54. The standard InChI is InChI=1S/C33H66N3O3P/c1-6-7-8-9-10-11-12-13-14-15-16-17-18-19-22-26-32(37)35-29-24-21-20-23-27-33(4,5)36(31(2)3)40(38)39-30-25-28-34/h31,38H,6-27,29-30H2,1-5H3,(H,35,37). The summed E-state index contributed by atoms with van der Waals surface area (Å²) in [5.41, 5.74) is -0.178. The lowest BCUT2D eigenvalue weighted by molar-refractivity contribution is -0.121. The van der Waals surface area contributed by atoms with Crippen LogP contribution in [0.5, 0.6) is 0 Å². The average molecular weight is 584 g/mol. The van der Waals surface area contributed by atoms with E-state index in [2.05, 4.69) is 50.7 Å². The Morgan fingerprint density at radius 2 is 1.32 bits per heavy atom. The van der Waals surface area contributed by atoms with Gasteiger partial charge < -0.3 is 14.7 Å². The Balaban J connectivity index is 3.65. The zero-order valence-electron chi connectivity index (χ0n) is 27.2. The highest BCUT2D eigenvalue weighted by atomic mass is 31.2. The van der Waals surface area contributed by atoms with Gasteiger partial charge in [-0.2, -0.15) is 5.26 Å². The van der Waals surface area contributed by atoms with Crippen LogP contribution in [0.25, 0.3) is 0 Å². The molecule has 0 aromatic carbocycles. The fourth-order valence-electron chi connectivity index (χ4n) is 5.49. The van der Waals surface area contributed by atoms with Crippen LogP contribution in [0.2, 0.25) is 0 Å². The molecule has 0 aliphatic heterocycles. The van der Waals surface area contributed by atoms with Crippen molar-refractivity contribution in [2.45, 2.75) is 187 Å². The minimum absolute atomic E-state index is 0.160. The van der Waals surface area contributed by atoms with Crippen molar-refractivity contribution in [3.63, 3.8) is 0 Å². The Labute approximate surface area is 250 Å². The van der Waals surface area contributed by atoms with Gasteiger partial charge in [0.05, 0.1) is 19.1 Å². The van der Waals surface area contributed by atoms with Crippen molar-refractivity contribution in [1.29, 1.82) is 5.26 Å². The molecule has 0 rings (SSSR count). The summed E-state index contributed by atoms with van der Waals surface area (Å²) >= 11 is 0. The van der Waals surface area contributed by atoms with Crippen LogP contribution in [0, 0.1) is 11.3 Å². The van der Waals surface area contributed by atoms with Crippen molar-refractivity contribution >= 4 is 14.4 Å². The van der Waals surface area contributed by atoms with Crippen LogP contribution in [0.3, 0.4) is 0 Å². The quantitative estimate of drug-likeness (QED) is 0.0676. The number of carbonyl (C=O) groups excluding carboxylic acids is 1. The molecule has 0 aromatic rings. The second-order valence-electron chi connectivity index (χ2n) is 12.5. The van der Waals surface area contributed by atoms with Gasteiger partial charge in [0.2, 0.25) is 5.91 Å². The van der Waals surface area contributed by atoms with Crippen molar-refractivity contribution in [1.82, 2.24) is 9.99 Å². The normalized spacial score (nSPS) is 12.7.